The van der Waals surface area contributed by atoms with E-state index in [1.165, 1.54) is 0 Å². The largest absolute Gasteiger partial charge is 0.497 e. The average molecular weight is 452 g/mol. The van der Waals surface area contributed by atoms with Crippen LogP contribution in [0.1, 0.15) is 0 Å². The third kappa shape index (κ3) is 3.82. The number of amides is 2. The summed E-state index contributed by atoms with van der Waals surface area (Å²) in [7, 11) is 1.67. The molecule has 1 saturated heterocycles. The molecule has 2 amide bonds. The highest BCUT2D eigenvalue weighted by Crippen LogP contribution is 2.49. The maximum Gasteiger partial charge on any atom is 0.329 e. The lowest BCUT2D eigenvalue weighted by Crippen LogP contribution is -2.52. The number of benzene rings is 3. The zero-order chi connectivity index (χ0) is 21.4. The van der Waals surface area contributed by atoms with Crippen molar-refractivity contribution in [3.8, 4) is 5.75 Å². The summed E-state index contributed by atoms with van der Waals surface area (Å²) >= 11 is 7.96. The van der Waals surface area contributed by atoms with Gasteiger partial charge in [0.15, 0.2) is 0 Å². The van der Waals surface area contributed by atoms with E-state index in [9.17, 15) is 4.79 Å². The smallest absolute Gasteiger partial charge is 0.329 e. The molecule has 0 aromatic heterocycles. The number of fused-ring (bicyclic) bond motifs is 2. The Bertz CT molecular complexity index is 1110. The van der Waals surface area contributed by atoms with Crippen molar-refractivity contribution < 1.29 is 9.53 Å². The van der Waals surface area contributed by atoms with E-state index in [1.807, 2.05) is 58.3 Å². The molecule has 3 aromatic carbocycles. The van der Waals surface area contributed by atoms with Gasteiger partial charge in [0.25, 0.3) is 0 Å². The number of halogens is 1. The van der Waals surface area contributed by atoms with Crippen LogP contribution >= 0.6 is 23.4 Å². The predicted molar refractivity (Wildman–Crippen MR) is 126 cm³/mol. The molecule has 2 aliphatic rings. The Balaban J connectivity index is 1.38. The van der Waals surface area contributed by atoms with Crippen LogP contribution in [-0.4, -0.2) is 44.2 Å². The molecule has 0 saturated carbocycles. The van der Waals surface area contributed by atoms with Gasteiger partial charge in [0, 0.05) is 46.7 Å². The lowest BCUT2D eigenvalue weighted by atomic mass is 10.2. The lowest BCUT2D eigenvalue weighted by molar-refractivity contribution is 0.203. The van der Waals surface area contributed by atoms with Crippen LogP contribution in [0.25, 0.3) is 0 Å². The van der Waals surface area contributed by atoms with E-state index in [2.05, 4.69) is 23.1 Å². The number of anilines is 3. The monoisotopic (exact) mass is 451 g/mol. The van der Waals surface area contributed by atoms with Gasteiger partial charge in [-0.3, -0.25) is 4.90 Å². The second-order valence-corrected chi connectivity index (χ2v) is 8.99. The summed E-state index contributed by atoms with van der Waals surface area (Å²) in [5.74, 6) is 0.844. The summed E-state index contributed by atoms with van der Waals surface area (Å²) in [6.07, 6.45) is 0. The fourth-order valence-corrected chi connectivity index (χ4v) is 5.23. The number of carbonyl (C=O) groups excluding carboxylic acids is 1. The third-order valence-electron chi connectivity index (χ3n) is 5.67. The Morgan fingerprint density at radius 1 is 0.903 bits per heavy atom. The summed E-state index contributed by atoms with van der Waals surface area (Å²) in [5.41, 5.74) is 2.90. The molecule has 0 atom stereocenters. The van der Waals surface area contributed by atoms with Gasteiger partial charge in [0.05, 0.1) is 18.5 Å². The first-order valence-corrected chi connectivity index (χ1v) is 11.4. The molecule has 0 aliphatic carbocycles. The number of carbonyl (C=O) groups is 1. The third-order valence-corrected chi connectivity index (χ3v) is 7.03. The van der Waals surface area contributed by atoms with Crippen LogP contribution < -0.4 is 14.5 Å². The van der Waals surface area contributed by atoms with E-state index in [1.54, 1.807) is 18.9 Å². The van der Waals surface area contributed by atoms with Crippen LogP contribution in [0.2, 0.25) is 5.02 Å². The summed E-state index contributed by atoms with van der Waals surface area (Å²) in [5, 5.41) is 0.626. The highest BCUT2D eigenvalue weighted by Gasteiger charge is 2.32. The minimum atomic E-state index is -0.00866. The molecular formula is C24H22ClN3O2S. The van der Waals surface area contributed by atoms with Crippen molar-refractivity contribution in [1.29, 1.82) is 0 Å². The quantitative estimate of drug-likeness (QED) is 0.486. The molecule has 0 N–H and O–H groups in total. The molecule has 5 rings (SSSR count). The molecule has 5 nitrogen and oxygen atoms in total. The van der Waals surface area contributed by atoms with E-state index >= 15 is 0 Å². The van der Waals surface area contributed by atoms with Gasteiger partial charge in [0.1, 0.15) is 5.75 Å². The Morgan fingerprint density at radius 3 is 2.35 bits per heavy atom. The van der Waals surface area contributed by atoms with Gasteiger partial charge in [-0.2, -0.15) is 0 Å². The fraction of sp³-hybridized carbons (Fsp3) is 0.208. The van der Waals surface area contributed by atoms with Crippen LogP contribution in [0.4, 0.5) is 21.9 Å². The van der Waals surface area contributed by atoms with E-state index in [-0.39, 0.29) is 6.03 Å². The molecule has 7 heteroatoms. The molecule has 2 heterocycles. The van der Waals surface area contributed by atoms with Crippen molar-refractivity contribution in [2.24, 2.45) is 0 Å². The van der Waals surface area contributed by atoms with Crippen molar-refractivity contribution in [3.63, 3.8) is 0 Å². The van der Waals surface area contributed by atoms with Gasteiger partial charge < -0.3 is 14.5 Å². The molecule has 158 valence electrons. The number of urea groups is 1. The maximum absolute atomic E-state index is 13.7. The Morgan fingerprint density at radius 2 is 1.61 bits per heavy atom. The minimum Gasteiger partial charge on any atom is -0.497 e. The minimum absolute atomic E-state index is 0.00866. The van der Waals surface area contributed by atoms with Crippen molar-refractivity contribution in [1.82, 2.24) is 4.90 Å². The number of piperazine rings is 1. The SMILES string of the molecule is COc1ccc(N2CCN(C(=O)N3c4ccccc4Sc4ccc(Cl)cc43)CC2)cc1. The molecule has 3 aromatic rings. The first-order valence-electron chi connectivity index (χ1n) is 10.2. The average Bonchev–Trinajstić information content (AvgIpc) is 2.82. The van der Waals surface area contributed by atoms with Gasteiger partial charge >= 0.3 is 6.03 Å². The standard InChI is InChI=1S/C24H22ClN3O2S/c1-30-19-9-7-18(8-10-19)26-12-14-27(15-13-26)24(29)28-20-4-2-3-5-22(20)31-23-11-6-17(25)16-21(23)28/h2-11,16H,12-15H2,1H3. The lowest BCUT2D eigenvalue weighted by Gasteiger charge is -2.40. The topological polar surface area (TPSA) is 36.0 Å². The first-order chi connectivity index (χ1) is 15.1. The zero-order valence-electron chi connectivity index (χ0n) is 17.1. The molecule has 0 bridgehead atoms. The Kier molecular flexibility index (Phi) is 5.42. The van der Waals surface area contributed by atoms with Gasteiger partial charge in [-0.25, -0.2) is 4.79 Å². The maximum atomic E-state index is 13.7. The Labute approximate surface area is 191 Å². The van der Waals surface area contributed by atoms with Crippen molar-refractivity contribution >= 4 is 46.5 Å². The van der Waals surface area contributed by atoms with Crippen LogP contribution in [0.5, 0.6) is 5.75 Å². The van der Waals surface area contributed by atoms with Crippen LogP contribution in [0, 0.1) is 0 Å². The van der Waals surface area contributed by atoms with E-state index in [4.69, 9.17) is 16.3 Å². The summed E-state index contributed by atoms with van der Waals surface area (Å²) < 4.78 is 5.25. The number of ether oxygens (including phenoxy) is 1. The number of rotatable bonds is 2. The van der Waals surface area contributed by atoms with E-state index < -0.39 is 0 Å². The molecule has 31 heavy (non-hydrogen) atoms. The molecule has 1 fully saturated rings. The summed E-state index contributed by atoms with van der Waals surface area (Å²) in [6.45, 7) is 2.88. The van der Waals surface area contributed by atoms with Gasteiger partial charge in [-0.05, 0) is 54.6 Å². The van der Waals surface area contributed by atoms with Gasteiger partial charge in [-0.1, -0.05) is 35.5 Å². The second-order valence-electron chi connectivity index (χ2n) is 7.47. The van der Waals surface area contributed by atoms with E-state index in [0.717, 1.165) is 45.7 Å². The summed E-state index contributed by atoms with van der Waals surface area (Å²) in [6, 6.07) is 21.8. The van der Waals surface area contributed by atoms with Crippen LogP contribution in [-0.2, 0) is 0 Å². The Hall–Kier alpha value is -2.83. The van der Waals surface area contributed by atoms with Gasteiger partial charge in [0.2, 0.25) is 0 Å². The predicted octanol–water partition coefficient (Wildman–Crippen LogP) is 5.89. The number of hydrogen-bond donors (Lipinski definition) is 0. The van der Waals surface area contributed by atoms with E-state index in [0.29, 0.717) is 18.1 Å². The second kappa shape index (κ2) is 8.36. The van der Waals surface area contributed by atoms with Crippen LogP contribution in [0.3, 0.4) is 0 Å². The summed E-state index contributed by atoms with van der Waals surface area (Å²) in [4.78, 5) is 21.8. The number of para-hydroxylation sites is 1. The fourth-order valence-electron chi connectivity index (χ4n) is 4.02. The molecule has 2 aliphatic heterocycles. The first kappa shape index (κ1) is 20.1. The number of methoxy groups -OCH3 is 1. The normalized spacial score (nSPS) is 15.4. The molecule has 0 unspecified atom stereocenters. The van der Waals surface area contributed by atoms with Gasteiger partial charge in [-0.15, -0.1) is 0 Å². The van der Waals surface area contributed by atoms with Crippen molar-refractivity contribution in [2.75, 3.05) is 43.1 Å². The number of hydrogen-bond acceptors (Lipinski definition) is 4. The highest BCUT2D eigenvalue weighted by molar-refractivity contribution is 7.99. The molecule has 0 radical (unpaired) electrons. The molecular weight excluding hydrogens is 430 g/mol. The van der Waals surface area contributed by atoms with Crippen molar-refractivity contribution in [2.45, 2.75) is 9.79 Å². The van der Waals surface area contributed by atoms with Crippen LogP contribution in [0.15, 0.2) is 76.5 Å². The highest BCUT2D eigenvalue weighted by atomic mass is 35.5. The van der Waals surface area contributed by atoms with Crippen molar-refractivity contribution in [3.05, 3.63) is 71.8 Å². The molecule has 0 spiro atoms. The zero-order valence-corrected chi connectivity index (χ0v) is 18.7. The number of nitrogens with zero attached hydrogens (tertiary/aromatic N) is 3.